The smallest absolute Gasteiger partial charge is 0.179 e. The molecule has 3 nitrogen and oxygen atoms in total. The van der Waals surface area contributed by atoms with E-state index in [1.54, 1.807) is 4.90 Å². The number of piperidine rings is 1. The molecular formula is C7H12N3P. The highest BCUT2D eigenvalue weighted by Crippen LogP contribution is 2.19. The van der Waals surface area contributed by atoms with Gasteiger partial charge < -0.3 is 10.3 Å². The van der Waals surface area contributed by atoms with Gasteiger partial charge in [-0.05, 0) is 12.8 Å². The summed E-state index contributed by atoms with van der Waals surface area (Å²) in [5.41, 5.74) is 0.683. The van der Waals surface area contributed by atoms with Crippen molar-refractivity contribution in [1.82, 2.24) is 4.90 Å². The Morgan fingerprint density at radius 2 is 2.09 bits per heavy atom. The van der Waals surface area contributed by atoms with Gasteiger partial charge in [0.05, 0.1) is 0 Å². The Morgan fingerprint density at radius 3 is 2.45 bits per heavy atom. The lowest BCUT2D eigenvalue weighted by atomic mass is 9.98. The molecule has 1 N–H and O–H groups in total. The molecule has 0 spiro atoms. The summed E-state index contributed by atoms with van der Waals surface area (Å²) in [6.45, 7) is 1.63. The maximum absolute atomic E-state index is 8.53. The van der Waals surface area contributed by atoms with Crippen molar-refractivity contribution < 1.29 is 0 Å². The minimum atomic E-state index is 0.393. The van der Waals surface area contributed by atoms with E-state index < -0.39 is 0 Å². The molecule has 4 heteroatoms. The Morgan fingerprint density at radius 1 is 1.55 bits per heavy atom. The Bertz CT molecular complexity index is 188. The number of hydrogen-bond donors (Lipinski definition) is 1. The normalized spacial score (nSPS) is 19.5. The van der Waals surface area contributed by atoms with E-state index in [1.165, 1.54) is 0 Å². The van der Waals surface area contributed by atoms with E-state index in [0.29, 0.717) is 11.4 Å². The molecule has 60 valence electrons. The van der Waals surface area contributed by atoms with Crippen molar-refractivity contribution in [2.24, 2.45) is 5.92 Å². The van der Waals surface area contributed by atoms with Gasteiger partial charge in [-0.1, -0.05) is 9.24 Å². The van der Waals surface area contributed by atoms with Crippen LogP contribution in [0.4, 0.5) is 0 Å². The van der Waals surface area contributed by atoms with Gasteiger partial charge in [-0.25, -0.2) is 0 Å². The molecule has 1 aliphatic rings. The summed E-state index contributed by atoms with van der Waals surface area (Å²) >= 11 is 0. The first-order valence-electron chi connectivity index (χ1n) is 3.72. The summed E-state index contributed by atoms with van der Waals surface area (Å²) in [7, 11) is 2.43. The van der Waals surface area contributed by atoms with Crippen molar-refractivity contribution in [3.63, 3.8) is 0 Å². The molecule has 0 aromatic carbocycles. The predicted octanol–water partition coefficient (Wildman–Crippen LogP) is 1.03. The maximum Gasteiger partial charge on any atom is 0.179 e. The van der Waals surface area contributed by atoms with Gasteiger partial charge in [-0.2, -0.15) is 5.26 Å². The molecule has 0 radical (unpaired) electrons. The highest BCUT2D eigenvalue weighted by molar-refractivity contribution is 7.40. The van der Waals surface area contributed by atoms with Gasteiger partial charge in [0.2, 0.25) is 0 Å². The molecule has 0 aromatic rings. The number of nitrogens with zero attached hydrogens (tertiary/aromatic N) is 2. The zero-order valence-corrected chi connectivity index (χ0v) is 7.53. The van der Waals surface area contributed by atoms with Crippen molar-refractivity contribution >= 4 is 14.7 Å². The molecule has 1 saturated heterocycles. The average molecular weight is 169 g/mol. The molecule has 1 aliphatic heterocycles. The first kappa shape index (κ1) is 8.49. The Hall–Kier alpha value is -0.610. The summed E-state index contributed by atoms with van der Waals surface area (Å²) in [6, 6.07) is 0. The highest BCUT2D eigenvalue weighted by atomic mass is 31.0. The van der Waals surface area contributed by atoms with Gasteiger partial charge in [-0.3, -0.25) is 0 Å². The fourth-order valence-corrected chi connectivity index (χ4v) is 1.62. The Balaban J connectivity index is 2.37. The van der Waals surface area contributed by atoms with Crippen molar-refractivity contribution in [2.75, 3.05) is 13.1 Å². The Kier molecular flexibility index (Phi) is 2.84. The summed E-state index contributed by atoms with van der Waals surface area (Å²) in [5.74, 6) is 0.393. The fourth-order valence-electron chi connectivity index (χ4n) is 1.29. The second-order valence-electron chi connectivity index (χ2n) is 2.82. The van der Waals surface area contributed by atoms with E-state index >= 15 is 0 Å². The van der Waals surface area contributed by atoms with E-state index in [2.05, 4.69) is 15.4 Å². The lowest BCUT2D eigenvalue weighted by molar-refractivity contribution is 0.293. The number of rotatable bonds is 1. The van der Waals surface area contributed by atoms with Crippen LogP contribution in [-0.2, 0) is 0 Å². The fraction of sp³-hybridized carbons (Fsp3) is 0.714. The zero-order valence-electron chi connectivity index (χ0n) is 6.38. The summed E-state index contributed by atoms with van der Waals surface area (Å²) in [4.78, 5) is 1.75. The molecule has 11 heavy (non-hydrogen) atoms. The molecule has 1 atom stereocenters. The van der Waals surface area contributed by atoms with E-state index in [4.69, 9.17) is 10.7 Å². The average Bonchev–Trinajstić information content (AvgIpc) is 2.05. The quantitative estimate of drug-likeness (QED) is 0.362. The van der Waals surface area contributed by atoms with Crippen LogP contribution in [0.15, 0.2) is 0 Å². The van der Waals surface area contributed by atoms with Crippen LogP contribution < -0.4 is 0 Å². The molecule has 0 amide bonds. The van der Waals surface area contributed by atoms with Gasteiger partial charge in [0.25, 0.3) is 0 Å². The molecule has 1 fully saturated rings. The standard InChI is InChI=1S/C7H12N3P/c8-5-10-3-1-6(2-4-10)7(9)11/h6,9H,1-4,11H2. The maximum atomic E-state index is 8.53. The minimum Gasteiger partial charge on any atom is -0.311 e. The van der Waals surface area contributed by atoms with Crippen molar-refractivity contribution in [2.45, 2.75) is 12.8 Å². The largest absolute Gasteiger partial charge is 0.311 e. The van der Waals surface area contributed by atoms with Crippen LogP contribution >= 0.6 is 9.24 Å². The predicted molar refractivity (Wildman–Crippen MR) is 47.3 cm³/mol. The number of likely N-dealkylation sites (tertiary alicyclic amines) is 1. The summed E-state index contributed by atoms with van der Waals surface area (Å²) < 4.78 is 0. The lowest BCUT2D eigenvalue weighted by Crippen LogP contribution is -2.31. The zero-order chi connectivity index (χ0) is 8.27. The van der Waals surface area contributed by atoms with Crippen LogP contribution in [0.5, 0.6) is 0 Å². The van der Waals surface area contributed by atoms with Crippen LogP contribution in [0.25, 0.3) is 0 Å². The van der Waals surface area contributed by atoms with Crippen LogP contribution in [0.1, 0.15) is 12.8 Å². The first-order valence-corrected chi connectivity index (χ1v) is 4.30. The van der Waals surface area contributed by atoms with Crippen molar-refractivity contribution in [3.8, 4) is 6.19 Å². The second kappa shape index (κ2) is 3.69. The first-order chi connectivity index (χ1) is 5.24. The van der Waals surface area contributed by atoms with Gasteiger partial charge in [0.1, 0.15) is 0 Å². The molecule has 1 heterocycles. The van der Waals surface area contributed by atoms with Gasteiger partial charge >= 0.3 is 0 Å². The molecule has 0 aromatic heterocycles. The highest BCUT2D eigenvalue weighted by Gasteiger charge is 2.19. The number of nitrogens with one attached hydrogen (secondary N) is 1. The molecule has 0 saturated carbocycles. The van der Waals surface area contributed by atoms with Gasteiger partial charge in [0, 0.05) is 24.5 Å². The summed E-state index contributed by atoms with van der Waals surface area (Å²) in [6.07, 6.45) is 4.03. The topological polar surface area (TPSA) is 50.9 Å². The van der Waals surface area contributed by atoms with Crippen LogP contribution in [0.3, 0.4) is 0 Å². The van der Waals surface area contributed by atoms with Crippen molar-refractivity contribution in [1.29, 1.82) is 10.7 Å². The lowest BCUT2D eigenvalue weighted by Gasteiger charge is -2.27. The molecule has 1 rings (SSSR count). The molecule has 1 unspecified atom stereocenters. The van der Waals surface area contributed by atoms with E-state index in [9.17, 15) is 0 Å². The Labute approximate surface area is 69.1 Å². The third-order valence-electron chi connectivity index (χ3n) is 2.08. The third-order valence-corrected chi connectivity index (χ3v) is 2.55. The number of nitriles is 1. The number of hydrogen-bond acceptors (Lipinski definition) is 3. The monoisotopic (exact) mass is 169 g/mol. The molecule has 0 aliphatic carbocycles. The summed E-state index contributed by atoms with van der Waals surface area (Å²) in [5, 5.41) is 15.9. The van der Waals surface area contributed by atoms with Crippen LogP contribution in [0, 0.1) is 22.8 Å². The van der Waals surface area contributed by atoms with Gasteiger partial charge in [-0.15, -0.1) is 0 Å². The van der Waals surface area contributed by atoms with E-state index in [1.807, 2.05) is 0 Å². The van der Waals surface area contributed by atoms with Crippen LogP contribution in [-0.4, -0.2) is 23.4 Å². The second-order valence-corrected chi connectivity index (χ2v) is 3.44. The van der Waals surface area contributed by atoms with E-state index in [-0.39, 0.29) is 0 Å². The SMILES string of the molecule is N#CN1CCC(C(=N)P)CC1. The molecular weight excluding hydrogens is 157 g/mol. The van der Waals surface area contributed by atoms with E-state index in [0.717, 1.165) is 25.9 Å². The third kappa shape index (κ3) is 2.17. The van der Waals surface area contributed by atoms with Crippen LogP contribution in [0.2, 0.25) is 0 Å². The minimum absolute atomic E-state index is 0.393. The van der Waals surface area contributed by atoms with Crippen molar-refractivity contribution in [3.05, 3.63) is 0 Å². The van der Waals surface area contributed by atoms with Gasteiger partial charge in [0.15, 0.2) is 6.19 Å². The molecule has 0 bridgehead atoms.